The molecule has 0 amide bonds. The molecule has 3 rings (SSSR count). The van der Waals surface area contributed by atoms with Crippen LogP contribution in [0, 0.1) is 11.3 Å². The minimum atomic E-state index is -0.384. The van der Waals surface area contributed by atoms with E-state index in [1.165, 1.54) is 5.56 Å². The van der Waals surface area contributed by atoms with E-state index in [2.05, 4.69) is 18.2 Å². The van der Waals surface area contributed by atoms with Gasteiger partial charge in [-0.3, -0.25) is 4.84 Å². The van der Waals surface area contributed by atoms with Crippen molar-refractivity contribution in [3.8, 4) is 6.07 Å². The Morgan fingerprint density at radius 2 is 1.63 bits per heavy atom. The van der Waals surface area contributed by atoms with Crippen molar-refractivity contribution in [2.24, 2.45) is 0 Å². The first kappa shape index (κ1) is 11.8. The second kappa shape index (κ2) is 5.13. The van der Waals surface area contributed by atoms with Crippen molar-refractivity contribution < 1.29 is 4.84 Å². The van der Waals surface area contributed by atoms with E-state index in [1.807, 2.05) is 53.6 Å². The van der Waals surface area contributed by atoms with Crippen LogP contribution in [0.2, 0.25) is 0 Å². The van der Waals surface area contributed by atoms with Gasteiger partial charge in [-0.1, -0.05) is 48.5 Å². The molecule has 94 valence electrons. The topological polar surface area (TPSA) is 36.3 Å². The summed E-state index contributed by atoms with van der Waals surface area (Å²) in [5, 5.41) is 10.9. The summed E-state index contributed by atoms with van der Waals surface area (Å²) < 4.78 is 0. The first-order valence-corrected chi connectivity index (χ1v) is 6.34. The third kappa shape index (κ3) is 2.31. The van der Waals surface area contributed by atoms with Gasteiger partial charge in [0.25, 0.3) is 0 Å². The molecule has 0 spiro atoms. The van der Waals surface area contributed by atoms with E-state index in [0.717, 1.165) is 5.69 Å². The van der Waals surface area contributed by atoms with Crippen LogP contribution in [0.3, 0.4) is 0 Å². The summed E-state index contributed by atoms with van der Waals surface area (Å²) in [6.45, 7) is 0. The SMILES string of the molecule is N#C[C@H]1C[C@H](c2ccccc2)N(c2ccccc2)O1. The lowest BCUT2D eigenvalue weighted by atomic mass is 10.0. The first-order chi connectivity index (χ1) is 9.38. The van der Waals surface area contributed by atoms with E-state index in [-0.39, 0.29) is 12.1 Å². The summed E-state index contributed by atoms with van der Waals surface area (Å²) in [6.07, 6.45) is 0.306. The van der Waals surface area contributed by atoms with Gasteiger partial charge in [-0.05, 0) is 17.7 Å². The fourth-order valence-corrected chi connectivity index (χ4v) is 2.39. The minimum absolute atomic E-state index is 0.0910. The highest BCUT2D eigenvalue weighted by atomic mass is 16.7. The van der Waals surface area contributed by atoms with Crippen LogP contribution < -0.4 is 5.06 Å². The van der Waals surface area contributed by atoms with Crippen molar-refractivity contribution in [3.63, 3.8) is 0 Å². The number of hydroxylamine groups is 1. The standard InChI is InChI=1S/C16H14N2O/c17-12-15-11-16(13-7-3-1-4-8-13)18(19-15)14-9-5-2-6-10-14/h1-10,15-16H,11H2/t15-,16-/m1/s1. The number of benzene rings is 2. The maximum Gasteiger partial charge on any atom is 0.174 e. The van der Waals surface area contributed by atoms with Crippen molar-refractivity contribution >= 4 is 5.69 Å². The van der Waals surface area contributed by atoms with Gasteiger partial charge < -0.3 is 0 Å². The molecule has 1 heterocycles. The number of rotatable bonds is 2. The molecule has 2 aromatic rings. The molecule has 0 radical (unpaired) electrons. The van der Waals surface area contributed by atoms with E-state index >= 15 is 0 Å². The number of hydrogen-bond acceptors (Lipinski definition) is 3. The highest BCUT2D eigenvalue weighted by molar-refractivity contribution is 5.47. The summed E-state index contributed by atoms with van der Waals surface area (Å²) in [4.78, 5) is 5.74. The second-order valence-electron chi connectivity index (χ2n) is 4.55. The second-order valence-corrected chi connectivity index (χ2v) is 4.55. The third-order valence-electron chi connectivity index (χ3n) is 3.30. The Kier molecular flexibility index (Phi) is 3.18. The monoisotopic (exact) mass is 250 g/mol. The molecule has 0 aromatic heterocycles. The van der Waals surface area contributed by atoms with E-state index in [4.69, 9.17) is 10.1 Å². The van der Waals surface area contributed by atoms with E-state index in [1.54, 1.807) is 0 Å². The number of anilines is 1. The molecule has 19 heavy (non-hydrogen) atoms. The smallest absolute Gasteiger partial charge is 0.174 e. The van der Waals surface area contributed by atoms with Gasteiger partial charge in [0.05, 0.1) is 17.8 Å². The molecule has 3 heteroatoms. The molecule has 3 nitrogen and oxygen atoms in total. The minimum Gasteiger partial charge on any atom is -0.254 e. The van der Waals surface area contributed by atoms with Gasteiger partial charge >= 0.3 is 0 Å². The van der Waals surface area contributed by atoms with Gasteiger partial charge in [-0.25, -0.2) is 5.06 Å². The van der Waals surface area contributed by atoms with Gasteiger partial charge in [0.1, 0.15) is 0 Å². The molecule has 1 fully saturated rings. The molecule has 1 saturated heterocycles. The van der Waals surface area contributed by atoms with E-state index in [9.17, 15) is 0 Å². The normalized spacial score (nSPS) is 22.2. The molecule has 1 aliphatic rings. The fraction of sp³-hybridized carbons (Fsp3) is 0.188. The quantitative estimate of drug-likeness (QED) is 0.819. The highest BCUT2D eigenvalue weighted by Crippen LogP contribution is 2.37. The molecule has 2 atom stereocenters. The summed E-state index contributed by atoms with van der Waals surface area (Å²) in [7, 11) is 0. The molecule has 0 bridgehead atoms. The van der Waals surface area contributed by atoms with Gasteiger partial charge in [0, 0.05) is 6.42 Å². The lowest BCUT2D eigenvalue weighted by Crippen LogP contribution is -2.21. The zero-order valence-electron chi connectivity index (χ0n) is 10.4. The van der Waals surface area contributed by atoms with Crippen LogP contribution in [0.15, 0.2) is 60.7 Å². The predicted molar refractivity (Wildman–Crippen MR) is 73.2 cm³/mol. The lowest BCUT2D eigenvalue weighted by Gasteiger charge is -2.24. The Bertz CT molecular complexity index is 529. The van der Waals surface area contributed by atoms with Gasteiger partial charge in [-0.2, -0.15) is 5.26 Å². The van der Waals surface area contributed by atoms with Crippen LogP contribution >= 0.6 is 0 Å². The Labute approximate surface area is 112 Å². The maximum absolute atomic E-state index is 9.09. The van der Waals surface area contributed by atoms with Gasteiger partial charge in [-0.15, -0.1) is 0 Å². The summed E-state index contributed by atoms with van der Waals surface area (Å²) in [5.74, 6) is 0. The largest absolute Gasteiger partial charge is 0.254 e. The Morgan fingerprint density at radius 1 is 1.00 bits per heavy atom. The maximum atomic E-state index is 9.09. The number of hydrogen-bond donors (Lipinski definition) is 0. The average molecular weight is 250 g/mol. The lowest BCUT2D eigenvalue weighted by molar-refractivity contribution is 0.118. The van der Waals surface area contributed by atoms with E-state index < -0.39 is 0 Å². The zero-order valence-corrected chi connectivity index (χ0v) is 10.4. The third-order valence-corrected chi connectivity index (χ3v) is 3.30. The predicted octanol–water partition coefficient (Wildman–Crippen LogP) is 3.46. The average Bonchev–Trinajstić information content (AvgIpc) is 2.93. The fourth-order valence-electron chi connectivity index (χ4n) is 2.39. The van der Waals surface area contributed by atoms with Gasteiger partial charge in [0.2, 0.25) is 0 Å². The van der Waals surface area contributed by atoms with Crippen LogP contribution in [0.25, 0.3) is 0 Å². The van der Waals surface area contributed by atoms with Crippen molar-refractivity contribution in [1.29, 1.82) is 5.26 Å². The number of nitrogens with zero attached hydrogens (tertiary/aromatic N) is 2. The van der Waals surface area contributed by atoms with Crippen molar-refractivity contribution in [3.05, 3.63) is 66.2 Å². The molecule has 0 saturated carbocycles. The molecule has 2 aromatic carbocycles. The van der Waals surface area contributed by atoms with Crippen LogP contribution in [0.1, 0.15) is 18.0 Å². The van der Waals surface area contributed by atoms with E-state index in [0.29, 0.717) is 6.42 Å². The zero-order chi connectivity index (χ0) is 13.1. The highest BCUT2D eigenvalue weighted by Gasteiger charge is 2.34. The van der Waals surface area contributed by atoms with Crippen molar-refractivity contribution in [2.45, 2.75) is 18.6 Å². The Hall–Kier alpha value is -2.31. The van der Waals surface area contributed by atoms with Gasteiger partial charge in [0.15, 0.2) is 6.10 Å². The van der Waals surface area contributed by atoms with Crippen LogP contribution in [-0.2, 0) is 4.84 Å². The molecular weight excluding hydrogens is 236 g/mol. The van der Waals surface area contributed by atoms with Crippen molar-refractivity contribution in [1.82, 2.24) is 0 Å². The van der Waals surface area contributed by atoms with Crippen molar-refractivity contribution in [2.75, 3.05) is 5.06 Å². The summed E-state index contributed by atoms with van der Waals surface area (Å²) in [5.41, 5.74) is 2.15. The molecule has 1 aliphatic heterocycles. The number of para-hydroxylation sites is 1. The number of nitriles is 1. The van der Waals surface area contributed by atoms with Crippen LogP contribution in [0.4, 0.5) is 5.69 Å². The molecular formula is C16H14N2O. The summed E-state index contributed by atoms with van der Waals surface area (Å²) in [6, 6.07) is 22.4. The first-order valence-electron chi connectivity index (χ1n) is 6.34. The Morgan fingerprint density at radius 3 is 2.26 bits per heavy atom. The van der Waals surface area contributed by atoms with Crippen LogP contribution in [0.5, 0.6) is 0 Å². The Balaban J connectivity index is 1.95. The van der Waals surface area contributed by atoms with Crippen LogP contribution in [-0.4, -0.2) is 6.10 Å². The summed E-state index contributed by atoms with van der Waals surface area (Å²) >= 11 is 0. The molecule has 0 unspecified atom stereocenters. The molecule has 0 aliphatic carbocycles. The molecule has 0 N–H and O–H groups in total.